The molecule has 0 radical (unpaired) electrons. The SMILES string of the molecule is Cc1ccccc1C(OCC(O)Cn1cnc2c1c(=O)n(C)c(=O)n2C)c1ccccc1. The molecule has 0 spiro atoms. The number of aliphatic hydroxyl groups is 1. The Kier molecular flexibility index (Phi) is 6.07. The van der Waals surface area contributed by atoms with Gasteiger partial charge in [0.05, 0.1) is 25.6 Å². The van der Waals surface area contributed by atoms with Crippen LogP contribution in [0.15, 0.2) is 70.5 Å². The van der Waals surface area contributed by atoms with Crippen molar-refractivity contribution in [2.75, 3.05) is 6.61 Å². The summed E-state index contributed by atoms with van der Waals surface area (Å²) in [5.74, 6) is 0. The summed E-state index contributed by atoms with van der Waals surface area (Å²) in [7, 11) is 2.99. The molecule has 8 nitrogen and oxygen atoms in total. The van der Waals surface area contributed by atoms with E-state index in [1.165, 1.54) is 17.9 Å². The fourth-order valence-corrected chi connectivity index (χ4v) is 3.90. The zero-order valence-electron chi connectivity index (χ0n) is 18.3. The maximum absolute atomic E-state index is 12.6. The van der Waals surface area contributed by atoms with Crippen LogP contribution in [0.25, 0.3) is 11.2 Å². The van der Waals surface area contributed by atoms with E-state index in [1.54, 1.807) is 11.6 Å². The lowest BCUT2D eigenvalue weighted by atomic mass is 9.97. The minimum Gasteiger partial charge on any atom is -0.389 e. The highest BCUT2D eigenvalue weighted by molar-refractivity contribution is 5.69. The molecule has 0 aliphatic carbocycles. The van der Waals surface area contributed by atoms with Crippen molar-refractivity contribution in [1.29, 1.82) is 0 Å². The molecule has 2 unspecified atom stereocenters. The molecule has 0 aliphatic heterocycles. The second kappa shape index (κ2) is 8.94. The van der Waals surface area contributed by atoms with Crippen LogP contribution in [-0.4, -0.2) is 36.5 Å². The summed E-state index contributed by atoms with van der Waals surface area (Å²) >= 11 is 0. The molecule has 32 heavy (non-hydrogen) atoms. The highest BCUT2D eigenvalue weighted by atomic mass is 16.5. The van der Waals surface area contributed by atoms with Gasteiger partial charge in [0, 0.05) is 14.1 Å². The Bertz CT molecular complexity index is 1350. The lowest BCUT2D eigenvalue weighted by molar-refractivity contribution is -0.000383. The Labute approximate surface area is 185 Å². The number of hydrogen-bond donors (Lipinski definition) is 1. The van der Waals surface area contributed by atoms with Crippen molar-refractivity contribution < 1.29 is 9.84 Å². The molecular formula is C24H26N4O4. The van der Waals surface area contributed by atoms with Crippen LogP contribution in [0.3, 0.4) is 0 Å². The number of aliphatic hydroxyl groups excluding tert-OH is 1. The topological polar surface area (TPSA) is 91.3 Å². The lowest BCUT2D eigenvalue weighted by Gasteiger charge is -2.22. The Morgan fingerprint density at radius 2 is 1.69 bits per heavy atom. The fourth-order valence-electron chi connectivity index (χ4n) is 3.90. The largest absolute Gasteiger partial charge is 0.389 e. The summed E-state index contributed by atoms with van der Waals surface area (Å²) in [6.07, 6.45) is 0.245. The van der Waals surface area contributed by atoms with E-state index in [-0.39, 0.29) is 30.4 Å². The first-order chi connectivity index (χ1) is 15.4. The highest BCUT2D eigenvalue weighted by Crippen LogP contribution is 2.28. The van der Waals surface area contributed by atoms with Crippen LogP contribution in [0.4, 0.5) is 0 Å². The van der Waals surface area contributed by atoms with Crippen molar-refractivity contribution in [2.24, 2.45) is 14.1 Å². The van der Waals surface area contributed by atoms with Gasteiger partial charge in [-0.25, -0.2) is 9.78 Å². The Morgan fingerprint density at radius 3 is 2.41 bits per heavy atom. The van der Waals surface area contributed by atoms with Crippen molar-refractivity contribution in [3.8, 4) is 0 Å². The third kappa shape index (κ3) is 4.02. The number of imidazole rings is 1. The van der Waals surface area contributed by atoms with Crippen molar-refractivity contribution >= 4 is 11.2 Å². The van der Waals surface area contributed by atoms with Crippen LogP contribution in [0.1, 0.15) is 22.8 Å². The monoisotopic (exact) mass is 434 g/mol. The third-order valence-electron chi connectivity index (χ3n) is 5.65. The maximum Gasteiger partial charge on any atom is 0.332 e. The predicted molar refractivity (Wildman–Crippen MR) is 122 cm³/mol. The maximum atomic E-state index is 12.6. The van der Waals surface area contributed by atoms with Gasteiger partial charge in [0.1, 0.15) is 6.10 Å². The molecule has 4 aromatic rings. The predicted octanol–water partition coefficient (Wildman–Crippen LogP) is 1.91. The van der Waals surface area contributed by atoms with Crippen LogP contribution >= 0.6 is 0 Å². The number of benzene rings is 2. The van der Waals surface area contributed by atoms with E-state index >= 15 is 0 Å². The van der Waals surface area contributed by atoms with E-state index in [0.717, 1.165) is 21.3 Å². The van der Waals surface area contributed by atoms with Gasteiger partial charge in [-0.2, -0.15) is 0 Å². The Balaban J connectivity index is 1.58. The average molecular weight is 434 g/mol. The average Bonchev–Trinajstić information content (AvgIpc) is 3.22. The minimum atomic E-state index is -0.885. The van der Waals surface area contributed by atoms with E-state index in [9.17, 15) is 14.7 Å². The van der Waals surface area contributed by atoms with E-state index in [1.807, 2.05) is 61.5 Å². The highest BCUT2D eigenvalue weighted by Gasteiger charge is 2.20. The first-order valence-corrected chi connectivity index (χ1v) is 10.4. The van der Waals surface area contributed by atoms with E-state index < -0.39 is 17.4 Å². The summed E-state index contributed by atoms with van der Waals surface area (Å²) < 4.78 is 10.1. The summed E-state index contributed by atoms with van der Waals surface area (Å²) in [5, 5.41) is 10.7. The van der Waals surface area contributed by atoms with Gasteiger partial charge in [0.15, 0.2) is 11.2 Å². The lowest BCUT2D eigenvalue weighted by Crippen LogP contribution is -2.38. The summed E-state index contributed by atoms with van der Waals surface area (Å²) in [6.45, 7) is 2.20. The Hall–Kier alpha value is -3.49. The smallest absolute Gasteiger partial charge is 0.332 e. The van der Waals surface area contributed by atoms with Gasteiger partial charge in [0.25, 0.3) is 5.56 Å². The molecule has 2 aromatic heterocycles. The molecular weight excluding hydrogens is 408 g/mol. The van der Waals surface area contributed by atoms with E-state index in [4.69, 9.17) is 4.74 Å². The normalized spacial score (nSPS) is 13.4. The van der Waals surface area contributed by atoms with Gasteiger partial charge >= 0.3 is 5.69 Å². The first-order valence-electron chi connectivity index (χ1n) is 10.4. The van der Waals surface area contributed by atoms with Crippen LogP contribution in [-0.2, 0) is 25.4 Å². The molecule has 2 aromatic carbocycles. The fraction of sp³-hybridized carbons (Fsp3) is 0.292. The summed E-state index contributed by atoms with van der Waals surface area (Å²) in [5.41, 5.74) is 2.78. The van der Waals surface area contributed by atoms with Gasteiger partial charge in [-0.05, 0) is 23.6 Å². The number of fused-ring (bicyclic) bond motifs is 1. The molecule has 2 atom stereocenters. The van der Waals surface area contributed by atoms with Crippen LogP contribution in [0, 0.1) is 6.92 Å². The van der Waals surface area contributed by atoms with Gasteiger partial charge < -0.3 is 14.4 Å². The van der Waals surface area contributed by atoms with Gasteiger partial charge in [-0.15, -0.1) is 0 Å². The number of ether oxygens (including phenoxy) is 1. The molecule has 2 heterocycles. The second-order valence-corrected chi connectivity index (χ2v) is 7.91. The molecule has 0 bridgehead atoms. The second-order valence-electron chi connectivity index (χ2n) is 7.91. The standard InChI is InChI=1S/C24H26N4O4/c1-16-9-7-8-12-19(16)21(17-10-5-4-6-11-17)32-14-18(29)13-28-15-25-22-20(28)23(30)27(3)24(31)26(22)2/h4-12,15,18,21,29H,13-14H2,1-3H3. The van der Waals surface area contributed by atoms with Crippen molar-refractivity contribution in [3.05, 3.63) is 98.5 Å². The van der Waals surface area contributed by atoms with Gasteiger partial charge in [-0.3, -0.25) is 13.9 Å². The number of rotatable bonds is 7. The quantitative estimate of drug-likeness (QED) is 0.480. The van der Waals surface area contributed by atoms with E-state index in [0.29, 0.717) is 0 Å². The summed E-state index contributed by atoms with van der Waals surface area (Å²) in [6, 6.07) is 17.9. The zero-order valence-corrected chi connectivity index (χ0v) is 18.3. The minimum absolute atomic E-state index is 0.0552. The summed E-state index contributed by atoms with van der Waals surface area (Å²) in [4.78, 5) is 28.9. The van der Waals surface area contributed by atoms with Crippen LogP contribution in [0.2, 0.25) is 0 Å². The van der Waals surface area contributed by atoms with Crippen LogP contribution < -0.4 is 11.2 Å². The molecule has 0 saturated heterocycles. The number of aromatic nitrogens is 4. The number of nitrogens with zero attached hydrogens (tertiary/aromatic N) is 4. The molecule has 0 amide bonds. The number of aryl methyl sites for hydroxylation is 2. The molecule has 0 saturated carbocycles. The van der Waals surface area contributed by atoms with Gasteiger partial charge in [0.2, 0.25) is 0 Å². The van der Waals surface area contributed by atoms with E-state index in [2.05, 4.69) is 4.98 Å². The first kappa shape index (κ1) is 21.7. The molecule has 0 aliphatic rings. The zero-order chi connectivity index (χ0) is 22.8. The molecule has 166 valence electrons. The molecule has 0 fully saturated rings. The Morgan fingerprint density at radius 1 is 1.00 bits per heavy atom. The van der Waals surface area contributed by atoms with Crippen LogP contribution in [0.5, 0.6) is 0 Å². The van der Waals surface area contributed by atoms with Crippen molar-refractivity contribution in [2.45, 2.75) is 25.7 Å². The molecule has 8 heteroatoms. The third-order valence-corrected chi connectivity index (χ3v) is 5.65. The molecule has 4 rings (SSSR count). The number of hydrogen-bond acceptors (Lipinski definition) is 5. The van der Waals surface area contributed by atoms with Gasteiger partial charge in [-0.1, -0.05) is 54.6 Å². The van der Waals surface area contributed by atoms with Crippen molar-refractivity contribution in [1.82, 2.24) is 18.7 Å². The van der Waals surface area contributed by atoms with Crippen molar-refractivity contribution in [3.63, 3.8) is 0 Å². The molecule has 1 N–H and O–H groups in total.